The van der Waals surface area contributed by atoms with E-state index in [-0.39, 0.29) is 17.5 Å². The Labute approximate surface area is 164 Å². The highest BCUT2D eigenvalue weighted by Gasteiger charge is 2.26. The minimum Gasteiger partial charge on any atom is -0.322 e. The quantitative estimate of drug-likeness (QED) is 0.533. The Kier molecular flexibility index (Phi) is 4.62. The minimum atomic E-state index is -0.509. The zero-order valence-corrected chi connectivity index (χ0v) is 15.4. The standard InChI is InChI=1S/C20H15N3O4S/c24-19(13-3-6-16(7-4-13)23(26)27)21-15-5-8-17-14(12-15)9-10-22(17)20(25)18-2-1-11-28-18/h1-8,11-12H,9-10H2,(H,21,24). The van der Waals surface area contributed by atoms with E-state index in [1.165, 1.54) is 35.6 Å². The van der Waals surface area contributed by atoms with Gasteiger partial charge in [0.2, 0.25) is 0 Å². The van der Waals surface area contributed by atoms with Crippen molar-refractivity contribution in [1.82, 2.24) is 0 Å². The van der Waals surface area contributed by atoms with Crippen LogP contribution in [-0.4, -0.2) is 23.3 Å². The normalized spacial score (nSPS) is 12.5. The van der Waals surface area contributed by atoms with Gasteiger partial charge in [-0.3, -0.25) is 19.7 Å². The van der Waals surface area contributed by atoms with E-state index >= 15 is 0 Å². The summed E-state index contributed by atoms with van der Waals surface area (Å²) in [5, 5.41) is 15.4. The zero-order chi connectivity index (χ0) is 19.7. The van der Waals surface area contributed by atoms with Crippen molar-refractivity contribution in [1.29, 1.82) is 0 Å². The molecule has 2 aromatic carbocycles. The number of benzene rings is 2. The van der Waals surface area contributed by atoms with E-state index in [4.69, 9.17) is 0 Å². The molecule has 0 fully saturated rings. The van der Waals surface area contributed by atoms with Crippen molar-refractivity contribution in [3.8, 4) is 0 Å². The summed E-state index contributed by atoms with van der Waals surface area (Å²) in [6.07, 6.45) is 0.716. The number of amides is 2. The van der Waals surface area contributed by atoms with E-state index in [2.05, 4.69) is 5.32 Å². The number of hydrogen-bond acceptors (Lipinski definition) is 5. The van der Waals surface area contributed by atoms with E-state index in [1.807, 2.05) is 29.6 Å². The number of nitrogens with one attached hydrogen (secondary N) is 1. The Balaban J connectivity index is 1.49. The fourth-order valence-corrected chi connectivity index (χ4v) is 3.83. The van der Waals surface area contributed by atoms with Crippen molar-refractivity contribution in [2.45, 2.75) is 6.42 Å². The fraction of sp³-hybridized carbons (Fsp3) is 0.100. The lowest BCUT2D eigenvalue weighted by molar-refractivity contribution is -0.384. The number of rotatable bonds is 4. The Morgan fingerprint density at radius 3 is 2.57 bits per heavy atom. The number of nitro groups is 1. The van der Waals surface area contributed by atoms with Crippen molar-refractivity contribution in [2.24, 2.45) is 0 Å². The van der Waals surface area contributed by atoms with Gasteiger partial charge in [0.1, 0.15) is 0 Å². The molecule has 0 atom stereocenters. The summed E-state index contributed by atoms with van der Waals surface area (Å²) in [6, 6.07) is 14.5. The molecule has 0 spiro atoms. The van der Waals surface area contributed by atoms with Crippen LogP contribution in [-0.2, 0) is 6.42 Å². The predicted molar refractivity (Wildman–Crippen MR) is 107 cm³/mol. The van der Waals surface area contributed by atoms with Crippen molar-refractivity contribution in [3.63, 3.8) is 0 Å². The molecule has 7 nitrogen and oxygen atoms in total. The smallest absolute Gasteiger partial charge is 0.269 e. The Morgan fingerprint density at radius 1 is 1.11 bits per heavy atom. The van der Waals surface area contributed by atoms with Gasteiger partial charge in [0.05, 0.1) is 9.80 Å². The van der Waals surface area contributed by atoms with Gasteiger partial charge < -0.3 is 10.2 Å². The number of non-ortho nitro benzene ring substituents is 1. The Bertz CT molecular complexity index is 1060. The highest BCUT2D eigenvalue weighted by atomic mass is 32.1. The summed E-state index contributed by atoms with van der Waals surface area (Å²) in [7, 11) is 0. The molecular formula is C20H15N3O4S. The molecule has 140 valence electrons. The lowest BCUT2D eigenvalue weighted by Gasteiger charge is -2.16. The lowest BCUT2D eigenvalue weighted by Crippen LogP contribution is -2.28. The van der Waals surface area contributed by atoms with Crippen LogP contribution in [0.4, 0.5) is 17.1 Å². The van der Waals surface area contributed by atoms with Gasteiger partial charge in [-0.1, -0.05) is 6.07 Å². The van der Waals surface area contributed by atoms with Crippen LogP contribution in [0.5, 0.6) is 0 Å². The fourth-order valence-electron chi connectivity index (χ4n) is 3.16. The highest BCUT2D eigenvalue weighted by Crippen LogP contribution is 2.32. The third-order valence-corrected chi connectivity index (χ3v) is 5.41. The number of anilines is 2. The molecule has 3 aromatic rings. The van der Waals surface area contributed by atoms with Gasteiger partial charge in [-0.2, -0.15) is 0 Å². The van der Waals surface area contributed by atoms with Crippen LogP contribution >= 0.6 is 11.3 Å². The third-order valence-electron chi connectivity index (χ3n) is 4.55. The number of nitro benzene ring substituents is 1. The third kappa shape index (κ3) is 3.37. The van der Waals surface area contributed by atoms with E-state index in [0.717, 1.165) is 11.3 Å². The van der Waals surface area contributed by atoms with Crippen LogP contribution in [0.1, 0.15) is 25.6 Å². The molecule has 28 heavy (non-hydrogen) atoms. The number of carbonyl (C=O) groups excluding carboxylic acids is 2. The number of fused-ring (bicyclic) bond motifs is 1. The number of carbonyl (C=O) groups is 2. The molecule has 2 heterocycles. The van der Waals surface area contributed by atoms with Gasteiger partial charge >= 0.3 is 0 Å². The molecule has 1 aliphatic rings. The van der Waals surface area contributed by atoms with Crippen molar-refractivity contribution < 1.29 is 14.5 Å². The Hall–Kier alpha value is -3.52. The molecule has 1 aliphatic heterocycles. The maximum Gasteiger partial charge on any atom is 0.269 e. The maximum absolute atomic E-state index is 12.6. The molecule has 0 saturated carbocycles. The molecule has 1 aromatic heterocycles. The second-order valence-electron chi connectivity index (χ2n) is 6.29. The molecule has 0 bridgehead atoms. The highest BCUT2D eigenvalue weighted by molar-refractivity contribution is 7.12. The van der Waals surface area contributed by atoms with Crippen LogP contribution in [0, 0.1) is 10.1 Å². The molecule has 0 saturated heterocycles. The Morgan fingerprint density at radius 2 is 1.89 bits per heavy atom. The van der Waals surface area contributed by atoms with Crippen LogP contribution in [0.2, 0.25) is 0 Å². The van der Waals surface area contributed by atoms with Gasteiger partial charge in [-0.25, -0.2) is 0 Å². The largest absolute Gasteiger partial charge is 0.322 e. The molecule has 1 N–H and O–H groups in total. The number of hydrogen-bond donors (Lipinski definition) is 1. The minimum absolute atomic E-state index is 0.0172. The van der Waals surface area contributed by atoms with Crippen LogP contribution in [0.15, 0.2) is 60.0 Å². The first kappa shape index (κ1) is 17.9. The SMILES string of the molecule is O=C(Nc1ccc2c(c1)CCN2C(=O)c1cccs1)c1ccc([N+](=O)[O-])cc1. The van der Waals surface area contributed by atoms with Crippen LogP contribution < -0.4 is 10.2 Å². The predicted octanol–water partition coefficient (Wildman–Crippen LogP) is 4.11. The number of thiophene rings is 1. The molecule has 4 rings (SSSR count). The van der Waals surface area contributed by atoms with Crippen molar-refractivity contribution in [3.05, 3.63) is 86.1 Å². The average Bonchev–Trinajstić information content (AvgIpc) is 3.37. The van der Waals surface area contributed by atoms with E-state index < -0.39 is 4.92 Å². The van der Waals surface area contributed by atoms with Crippen molar-refractivity contribution in [2.75, 3.05) is 16.8 Å². The summed E-state index contributed by atoms with van der Waals surface area (Å²) in [4.78, 5) is 37.6. The molecule has 2 amide bonds. The molecule has 0 radical (unpaired) electrons. The molecular weight excluding hydrogens is 378 g/mol. The zero-order valence-electron chi connectivity index (χ0n) is 14.6. The topological polar surface area (TPSA) is 92.6 Å². The van der Waals surface area contributed by atoms with Gasteiger partial charge in [0.15, 0.2) is 0 Å². The monoisotopic (exact) mass is 393 g/mol. The van der Waals surface area contributed by atoms with Gasteiger partial charge in [0, 0.05) is 35.6 Å². The second-order valence-corrected chi connectivity index (χ2v) is 7.23. The van der Waals surface area contributed by atoms with Gasteiger partial charge in [0.25, 0.3) is 17.5 Å². The van der Waals surface area contributed by atoms with E-state index in [1.54, 1.807) is 11.0 Å². The van der Waals surface area contributed by atoms with Crippen molar-refractivity contribution >= 4 is 40.2 Å². The van der Waals surface area contributed by atoms with E-state index in [9.17, 15) is 19.7 Å². The summed E-state index contributed by atoms with van der Waals surface area (Å²) in [5.41, 5.74) is 2.73. The summed E-state index contributed by atoms with van der Waals surface area (Å²) < 4.78 is 0. The average molecular weight is 393 g/mol. The van der Waals surface area contributed by atoms with Crippen LogP contribution in [0.3, 0.4) is 0 Å². The van der Waals surface area contributed by atoms with Gasteiger partial charge in [-0.05, 0) is 53.8 Å². The first-order valence-electron chi connectivity index (χ1n) is 8.57. The summed E-state index contributed by atoms with van der Waals surface area (Å²) in [6.45, 7) is 0.603. The summed E-state index contributed by atoms with van der Waals surface area (Å²) in [5.74, 6) is -0.365. The summed E-state index contributed by atoms with van der Waals surface area (Å²) >= 11 is 1.41. The maximum atomic E-state index is 12.6. The molecule has 0 aliphatic carbocycles. The first-order valence-corrected chi connectivity index (χ1v) is 9.45. The molecule has 0 unspecified atom stereocenters. The number of nitrogens with zero attached hydrogens (tertiary/aromatic N) is 2. The first-order chi connectivity index (χ1) is 13.5. The van der Waals surface area contributed by atoms with Crippen LogP contribution in [0.25, 0.3) is 0 Å². The second kappa shape index (κ2) is 7.24. The lowest BCUT2D eigenvalue weighted by atomic mass is 10.1. The molecule has 8 heteroatoms. The van der Waals surface area contributed by atoms with E-state index in [0.29, 0.717) is 29.1 Å². The van der Waals surface area contributed by atoms with Gasteiger partial charge in [-0.15, -0.1) is 11.3 Å².